The third-order valence-electron chi connectivity index (χ3n) is 2.08. The topological polar surface area (TPSA) is 66.4 Å². The lowest BCUT2D eigenvalue weighted by Crippen LogP contribution is -2.31. The van der Waals surface area contributed by atoms with Crippen LogP contribution in [0.15, 0.2) is 24.3 Å². The van der Waals surface area contributed by atoms with Gasteiger partial charge in [0, 0.05) is 15.7 Å². The number of hydrogen-bond donors (Lipinski definition) is 2. The van der Waals surface area contributed by atoms with Crippen LogP contribution in [0.1, 0.15) is 17.3 Å². The molecule has 1 amide bonds. The summed E-state index contributed by atoms with van der Waals surface area (Å²) in [5, 5.41) is 11.2. The van der Waals surface area contributed by atoms with Crippen molar-refractivity contribution in [2.24, 2.45) is 5.92 Å². The summed E-state index contributed by atoms with van der Waals surface area (Å²) in [6, 6.07) is 7.12. The molecular weight excluding hydrogens is 321 g/mol. The van der Waals surface area contributed by atoms with Crippen molar-refractivity contribution in [1.82, 2.24) is 5.32 Å². The van der Waals surface area contributed by atoms with Crippen molar-refractivity contribution in [3.05, 3.63) is 33.4 Å². The van der Waals surface area contributed by atoms with Gasteiger partial charge in [-0.3, -0.25) is 9.59 Å². The van der Waals surface area contributed by atoms with Crippen molar-refractivity contribution in [2.75, 3.05) is 6.54 Å². The quantitative estimate of drug-likeness (QED) is 0.825. The van der Waals surface area contributed by atoms with Crippen LogP contribution >= 0.6 is 22.6 Å². The van der Waals surface area contributed by atoms with Gasteiger partial charge in [-0.15, -0.1) is 0 Å². The zero-order valence-corrected chi connectivity index (χ0v) is 10.9. The third kappa shape index (κ3) is 3.80. The van der Waals surface area contributed by atoms with Crippen molar-refractivity contribution in [3.8, 4) is 0 Å². The molecule has 0 aliphatic carbocycles. The maximum absolute atomic E-state index is 11.6. The number of amides is 1. The molecule has 0 spiro atoms. The van der Waals surface area contributed by atoms with E-state index in [4.69, 9.17) is 5.11 Å². The van der Waals surface area contributed by atoms with Gasteiger partial charge in [0.05, 0.1) is 5.92 Å². The van der Waals surface area contributed by atoms with Gasteiger partial charge in [-0.05, 0) is 40.8 Å². The number of carboxylic acid groups (broad SMARTS) is 1. The van der Waals surface area contributed by atoms with Crippen molar-refractivity contribution in [2.45, 2.75) is 6.92 Å². The summed E-state index contributed by atoms with van der Waals surface area (Å²) < 4.78 is 0.969. The molecule has 1 atom stereocenters. The van der Waals surface area contributed by atoms with Gasteiger partial charge in [0.25, 0.3) is 5.91 Å². The molecule has 0 bridgehead atoms. The zero-order valence-electron chi connectivity index (χ0n) is 8.74. The number of hydrogen-bond acceptors (Lipinski definition) is 2. The van der Waals surface area contributed by atoms with Crippen LogP contribution in [-0.2, 0) is 4.79 Å². The molecule has 1 aromatic rings. The summed E-state index contributed by atoms with van der Waals surface area (Å²) in [6.45, 7) is 1.69. The van der Waals surface area contributed by atoms with Crippen LogP contribution in [0.5, 0.6) is 0 Å². The van der Waals surface area contributed by atoms with E-state index in [2.05, 4.69) is 27.9 Å². The van der Waals surface area contributed by atoms with E-state index >= 15 is 0 Å². The maximum Gasteiger partial charge on any atom is 0.308 e. The van der Waals surface area contributed by atoms with E-state index in [0.717, 1.165) is 3.57 Å². The fourth-order valence-electron chi connectivity index (χ4n) is 1.06. The molecule has 4 nitrogen and oxygen atoms in total. The Morgan fingerprint density at radius 3 is 2.75 bits per heavy atom. The van der Waals surface area contributed by atoms with Crippen LogP contribution < -0.4 is 5.32 Å². The first-order chi connectivity index (χ1) is 7.50. The molecule has 0 saturated carbocycles. The number of carboxylic acids is 1. The highest BCUT2D eigenvalue weighted by atomic mass is 127. The minimum Gasteiger partial charge on any atom is -0.481 e. The van der Waals surface area contributed by atoms with Crippen LogP contribution in [-0.4, -0.2) is 23.5 Å². The Bertz CT molecular complexity index is 406. The molecule has 0 fully saturated rings. The predicted octanol–water partition coefficient (Wildman–Crippen LogP) is 1.74. The summed E-state index contributed by atoms with van der Waals surface area (Å²) in [7, 11) is 0. The number of carbonyl (C=O) groups is 2. The molecule has 0 heterocycles. The highest BCUT2D eigenvalue weighted by Gasteiger charge is 2.12. The molecule has 0 saturated heterocycles. The zero-order chi connectivity index (χ0) is 12.1. The molecule has 86 valence electrons. The van der Waals surface area contributed by atoms with Gasteiger partial charge in [0.1, 0.15) is 0 Å². The summed E-state index contributed by atoms with van der Waals surface area (Å²) in [6.07, 6.45) is 0. The normalized spacial score (nSPS) is 11.9. The monoisotopic (exact) mass is 333 g/mol. The van der Waals surface area contributed by atoms with Crippen LogP contribution in [0.2, 0.25) is 0 Å². The second kappa shape index (κ2) is 5.83. The van der Waals surface area contributed by atoms with E-state index < -0.39 is 11.9 Å². The van der Waals surface area contributed by atoms with Crippen LogP contribution in [0.3, 0.4) is 0 Å². The first-order valence-corrected chi connectivity index (χ1v) is 5.85. The van der Waals surface area contributed by atoms with Crippen molar-refractivity contribution < 1.29 is 14.7 Å². The van der Waals surface area contributed by atoms with Gasteiger partial charge in [-0.25, -0.2) is 0 Å². The average molecular weight is 333 g/mol. The van der Waals surface area contributed by atoms with Crippen LogP contribution in [0.25, 0.3) is 0 Å². The van der Waals surface area contributed by atoms with Gasteiger partial charge in [-0.2, -0.15) is 0 Å². The molecule has 0 aliphatic heterocycles. The van der Waals surface area contributed by atoms with Gasteiger partial charge in [0.15, 0.2) is 0 Å². The number of benzene rings is 1. The number of aliphatic carboxylic acids is 1. The summed E-state index contributed by atoms with van der Waals surface area (Å²) in [5.74, 6) is -1.73. The predicted molar refractivity (Wildman–Crippen MR) is 68.3 cm³/mol. The Morgan fingerprint density at radius 2 is 2.19 bits per heavy atom. The fourth-order valence-corrected chi connectivity index (χ4v) is 1.61. The van der Waals surface area contributed by atoms with E-state index in [1.807, 2.05) is 6.07 Å². The third-order valence-corrected chi connectivity index (χ3v) is 2.75. The standard InChI is InChI=1S/C11H12INO3/c1-7(11(15)16)6-13-10(14)8-3-2-4-9(12)5-8/h2-5,7H,6H2,1H3,(H,13,14)(H,15,16). The van der Waals surface area contributed by atoms with E-state index in [9.17, 15) is 9.59 Å². The molecule has 1 aromatic carbocycles. The number of nitrogens with one attached hydrogen (secondary N) is 1. The van der Waals surface area contributed by atoms with E-state index in [-0.39, 0.29) is 12.5 Å². The number of halogens is 1. The van der Waals surface area contributed by atoms with Crippen molar-refractivity contribution in [1.29, 1.82) is 0 Å². The summed E-state index contributed by atoms with van der Waals surface area (Å²) in [5.41, 5.74) is 0.546. The Morgan fingerprint density at radius 1 is 1.50 bits per heavy atom. The molecule has 0 aromatic heterocycles. The minimum atomic E-state index is -0.914. The van der Waals surface area contributed by atoms with Gasteiger partial charge in [-0.1, -0.05) is 13.0 Å². The Labute approximate surface area is 107 Å². The Hall–Kier alpha value is -1.11. The van der Waals surface area contributed by atoms with E-state index in [1.54, 1.807) is 25.1 Å². The molecular formula is C11H12INO3. The highest BCUT2D eigenvalue weighted by Crippen LogP contribution is 2.07. The lowest BCUT2D eigenvalue weighted by atomic mass is 10.1. The Kier molecular flexibility index (Phi) is 4.72. The van der Waals surface area contributed by atoms with Gasteiger partial charge < -0.3 is 10.4 Å². The first-order valence-electron chi connectivity index (χ1n) is 4.77. The average Bonchev–Trinajstić information content (AvgIpc) is 2.25. The molecule has 0 aliphatic rings. The highest BCUT2D eigenvalue weighted by molar-refractivity contribution is 14.1. The Balaban J connectivity index is 2.56. The fraction of sp³-hybridized carbons (Fsp3) is 0.273. The molecule has 1 rings (SSSR count). The van der Waals surface area contributed by atoms with Crippen LogP contribution in [0.4, 0.5) is 0 Å². The van der Waals surface area contributed by atoms with Crippen LogP contribution in [0, 0.1) is 9.49 Å². The second-order valence-electron chi connectivity index (χ2n) is 3.46. The van der Waals surface area contributed by atoms with E-state index in [0.29, 0.717) is 5.56 Å². The largest absolute Gasteiger partial charge is 0.481 e. The number of rotatable bonds is 4. The first kappa shape index (κ1) is 13.0. The van der Waals surface area contributed by atoms with Crippen molar-refractivity contribution >= 4 is 34.5 Å². The summed E-state index contributed by atoms with van der Waals surface area (Å²) >= 11 is 2.12. The molecule has 0 radical (unpaired) electrons. The maximum atomic E-state index is 11.6. The number of carbonyl (C=O) groups excluding carboxylic acids is 1. The smallest absolute Gasteiger partial charge is 0.308 e. The SMILES string of the molecule is CC(CNC(=O)c1cccc(I)c1)C(=O)O. The second-order valence-corrected chi connectivity index (χ2v) is 4.71. The van der Waals surface area contributed by atoms with Gasteiger partial charge in [0.2, 0.25) is 0 Å². The molecule has 16 heavy (non-hydrogen) atoms. The van der Waals surface area contributed by atoms with Gasteiger partial charge >= 0.3 is 5.97 Å². The minimum absolute atomic E-state index is 0.139. The lowest BCUT2D eigenvalue weighted by Gasteiger charge is -2.08. The van der Waals surface area contributed by atoms with Crippen molar-refractivity contribution in [3.63, 3.8) is 0 Å². The summed E-state index contributed by atoms with van der Waals surface area (Å²) in [4.78, 5) is 22.2. The lowest BCUT2D eigenvalue weighted by molar-refractivity contribution is -0.140. The molecule has 1 unspecified atom stereocenters. The molecule has 5 heteroatoms. The molecule has 2 N–H and O–H groups in total. The van der Waals surface area contributed by atoms with E-state index in [1.165, 1.54) is 0 Å².